The second-order valence-corrected chi connectivity index (χ2v) is 4.13. The Balaban J connectivity index is 1.96. The molecular weight excluding hydrogens is 285 g/mol. The van der Waals surface area contributed by atoms with Gasteiger partial charge >= 0.3 is 0 Å². The molecule has 0 radical (unpaired) electrons. The number of benzene rings is 2. The Bertz CT molecular complexity index is 660. The lowest BCUT2D eigenvalue weighted by Crippen LogP contribution is -2.21. The Labute approximate surface area is 118 Å². The van der Waals surface area contributed by atoms with Crippen molar-refractivity contribution in [3.63, 3.8) is 0 Å². The average molecular weight is 296 g/mol. The molecule has 0 saturated heterocycles. The molecule has 0 aliphatic carbocycles. The molecule has 0 spiro atoms. The number of hydrogen-bond donors (Lipinski definition) is 2. The molecule has 3 N–H and O–H groups in total. The predicted molar refractivity (Wildman–Crippen MR) is 71.3 cm³/mol. The zero-order chi connectivity index (χ0) is 15.4. The van der Waals surface area contributed by atoms with Gasteiger partial charge in [-0.15, -0.1) is 0 Å². The van der Waals surface area contributed by atoms with Crippen molar-refractivity contribution in [2.75, 3.05) is 17.7 Å². The summed E-state index contributed by atoms with van der Waals surface area (Å²) in [6.07, 6.45) is 0. The van der Waals surface area contributed by atoms with Gasteiger partial charge in [-0.05, 0) is 36.4 Å². The van der Waals surface area contributed by atoms with E-state index in [4.69, 9.17) is 10.5 Å². The van der Waals surface area contributed by atoms with E-state index in [9.17, 15) is 18.0 Å². The SMILES string of the molecule is Nc1ccc(OCC(=O)Nc2ccc(F)c(F)c2F)cc1. The second kappa shape index (κ2) is 6.17. The summed E-state index contributed by atoms with van der Waals surface area (Å²) >= 11 is 0. The first-order valence-electron chi connectivity index (χ1n) is 5.89. The maximum atomic E-state index is 13.3. The quantitative estimate of drug-likeness (QED) is 0.673. The minimum Gasteiger partial charge on any atom is -0.484 e. The van der Waals surface area contributed by atoms with Crippen molar-refractivity contribution in [3.8, 4) is 5.75 Å². The van der Waals surface area contributed by atoms with Crippen molar-refractivity contribution in [2.24, 2.45) is 0 Å². The van der Waals surface area contributed by atoms with Crippen LogP contribution in [0, 0.1) is 17.5 Å². The van der Waals surface area contributed by atoms with Crippen molar-refractivity contribution in [3.05, 3.63) is 53.8 Å². The Kier molecular flexibility index (Phi) is 4.32. The van der Waals surface area contributed by atoms with Crippen LogP contribution >= 0.6 is 0 Å². The van der Waals surface area contributed by atoms with Crippen LogP contribution < -0.4 is 15.8 Å². The largest absolute Gasteiger partial charge is 0.484 e. The Morgan fingerprint density at radius 2 is 1.71 bits per heavy atom. The number of carbonyl (C=O) groups excluding carboxylic acids is 1. The highest BCUT2D eigenvalue weighted by atomic mass is 19.2. The fraction of sp³-hybridized carbons (Fsp3) is 0.0714. The summed E-state index contributed by atoms with van der Waals surface area (Å²) in [4.78, 5) is 11.6. The number of nitrogens with one attached hydrogen (secondary N) is 1. The fourth-order valence-electron chi connectivity index (χ4n) is 1.52. The summed E-state index contributed by atoms with van der Waals surface area (Å²) in [7, 11) is 0. The van der Waals surface area contributed by atoms with Gasteiger partial charge in [-0.2, -0.15) is 0 Å². The fourth-order valence-corrected chi connectivity index (χ4v) is 1.52. The van der Waals surface area contributed by atoms with Gasteiger partial charge < -0.3 is 15.8 Å². The van der Waals surface area contributed by atoms with Crippen molar-refractivity contribution < 1.29 is 22.7 Å². The Hall–Kier alpha value is -2.70. The molecule has 110 valence electrons. The molecule has 2 rings (SSSR count). The average Bonchev–Trinajstić information content (AvgIpc) is 2.47. The van der Waals surface area contributed by atoms with Crippen molar-refractivity contribution in [2.45, 2.75) is 0 Å². The number of hydrogen-bond acceptors (Lipinski definition) is 3. The van der Waals surface area contributed by atoms with E-state index in [0.717, 1.165) is 12.1 Å². The zero-order valence-electron chi connectivity index (χ0n) is 10.7. The van der Waals surface area contributed by atoms with Gasteiger partial charge in [0.1, 0.15) is 5.75 Å². The molecule has 0 bridgehead atoms. The summed E-state index contributed by atoms with van der Waals surface area (Å²) in [6.45, 7) is -0.414. The molecule has 0 aromatic heterocycles. The van der Waals surface area contributed by atoms with E-state index in [1.165, 1.54) is 0 Å². The summed E-state index contributed by atoms with van der Waals surface area (Å²) in [6, 6.07) is 7.93. The monoisotopic (exact) mass is 296 g/mol. The molecule has 4 nitrogen and oxygen atoms in total. The molecular formula is C14H11F3N2O2. The van der Waals surface area contributed by atoms with Crippen LogP contribution in [0.25, 0.3) is 0 Å². The van der Waals surface area contributed by atoms with E-state index < -0.39 is 35.7 Å². The topological polar surface area (TPSA) is 64.3 Å². The van der Waals surface area contributed by atoms with Crippen LogP contribution in [0.3, 0.4) is 0 Å². The van der Waals surface area contributed by atoms with Gasteiger partial charge in [0.15, 0.2) is 24.1 Å². The van der Waals surface area contributed by atoms with Gasteiger partial charge in [0.05, 0.1) is 5.69 Å². The highest BCUT2D eigenvalue weighted by Gasteiger charge is 2.15. The molecule has 0 unspecified atom stereocenters. The van der Waals surface area contributed by atoms with Gasteiger partial charge in [0.2, 0.25) is 0 Å². The molecule has 0 fully saturated rings. The molecule has 0 saturated carbocycles. The van der Waals surface area contributed by atoms with Gasteiger partial charge in [0, 0.05) is 5.69 Å². The van der Waals surface area contributed by atoms with E-state index in [0.29, 0.717) is 11.4 Å². The molecule has 0 aliphatic heterocycles. The zero-order valence-corrected chi connectivity index (χ0v) is 10.7. The van der Waals surface area contributed by atoms with E-state index >= 15 is 0 Å². The number of carbonyl (C=O) groups is 1. The van der Waals surface area contributed by atoms with E-state index in [1.54, 1.807) is 24.3 Å². The molecule has 0 aliphatic rings. The number of ether oxygens (including phenoxy) is 1. The third-order valence-electron chi connectivity index (χ3n) is 2.56. The van der Waals surface area contributed by atoms with Gasteiger partial charge in [-0.3, -0.25) is 4.79 Å². The number of halogens is 3. The van der Waals surface area contributed by atoms with Crippen molar-refractivity contribution in [1.29, 1.82) is 0 Å². The van der Waals surface area contributed by atoms with Crippen molar-refractivity contribution in [1.82, 2.24) is 0 Å². The normalized spacial score (nSPS) is 10.2. The van der Waals surface area contributed by atoms with Crippen molar-refractivity contribution >= 4 is 17.3 Å². The summed E-state index contributed by atoms with van der Waals surface area (Å²) in [5.41, 5.74) is 5.56. The van der Waals surface area contributed by atoms with Crippen LogP contribution in [0.4, 0.5) is 24.5 Å². The number of nitrogens with two attached hydrogens (primary N) is 1. The third kappa shape index (κ3) is 3.65. The van der Waals surface area contributed by atoms with Crippen LogP contribution in [0.15, 0.2) is 36.4 Å². The highest BCUT2D eigenvalue weighted by molar-refractivity contribution is 5.92. The summed E-state index contributed by atoms with van der Waals surface area (Å²) in [5.74, 6) is -4.76. The number of rotatable bonds is 4. The van der Waals surface area contributed by atoms with E-state index in [1.807, 2.05) is 0 Å². The molecule has 1 amide bonds. The molecule has 2 aromatic carbocycles. The Morgan fingerprint density at radius 3 is 2.38 bits per heavy atom. The second-order valence-electron chi connectivity index (χ2n) is 4.13. The lowest BCUT2D eigenvalue weighted by molar-refractivity contribution is -0.118. The molecule has 0 heterocycles. The molecule has 7 heteroatoms. The van der Waals surface area contributed by atoms with Crippen LogP contribution in [0.1, 0.15) is 0 Å². The number of nitrogen functional groups attached to an aromatic ring is 1. The summed E-state index contributed by atoms with van der Waals surface area (Å²) in [5, 5.41) is 2.09. The maximum Gasteiger partial charge on any atom is 0.262 e. The molecule has 0 atom stereocenters. The van der Waals surface area contributed by atoms with Crippen LogP contribution in [-0.4, -0.2) is 12.5 Å². The summed E-state index contributed by atoms with van der Waals surface area (Å²) < 4.78 is 44.2. The van der Waals surface area contributed by atoms with Gasteiger partial charge in [-0.25, -0.2) is 13.2 Å². The smallest absolute Gasteiger partial charge is 0.262 e. The first-order valence-corrected chi connectivity index (χ1v) is 5.89. The van der Waals surface area contributed by atoms with Gasteiger partial charge in [0.25, 0.3) is 5.91 Å². The maximum absolute atomic E-state index is 13.3. The third-order valence-corrected chi connectivity index (χ3v) is 2.56. The number of anilines is 2. The highest BCUT2D eigenvalue weighted by Crippen LogP contribution is 2.19. The lowest BCUT2D eigenvalue weighted by Gasteiger charge is -2.09. The van der Waals surface area contributed by atoms with Crippen LogP contribution in [0.5, 0.6) is 5.75 Å². The predicted octanol–water partition coefficient (Wildman–Crippen LogP) is 2.70. The first kappa shape index (κ1) is 14.7. The van der Waals surface area contributed by atoms with Crippen LogP contribution in [-0.2, 0) is 4.79 Å². The minimum atomic E-state index is -1.65. The van der Waals surface area contributed by atoms with Gasteiger partial charge in [-0.1, -0.05) is 0 Å². The number of amides is 1. The lowest BCUT2D eigenvalue weighted by atomic mass is 10.3. The van der Waals surface area contributed by atoms with E-state index in [-0.39, 0.29) is 0 Å². The molecule has 21 heavy (non-hydrogen) atoms. The molecule has 2 aromatic rings. The first-order chi connectivity index (χ1) is 9.97. The standard InChI is InChI=1S/C14H11F3N2O2/c15-10-5-6-11(14(17)13(10)16)19-12(20)7-21-9-3-1-8(18)2-4-9/h1-6H,7,18H2,(H,19,20). The van der Waals surface area contributed by atoms with Crippen LogP contribution in [0.2, 0.25) is 0 Å². The Morgan fingerprint density at radius 1 is 1.05 bits per heavy atom. The van der Waals surface area contributed by atoms with E-state index in [2.05, 4.69) is 5.32 Å². The minimum absolute atomic E-state index is 0.394.